The van der Waals surface area contributed by atoms with Gasteiger partial charge in [-0.2, -0.15) is 0 Å². The third-order valence-corrected chi connectivity index (χ3v) is 8.52. The Labute approximate surface area is 246 Å². The summed E-state index contributed by atoms with van der Waals surface area (Å²) in [5, 5.41) is 1.75. The fourth-order valence-electron chi connectivity index (χ4n) is 5.30. The number of ether oxygens (including phenoxy) is 1. The minimum absolute atomic E-state index is 0.192. The summed E-state index contributed by atoms with van der Waals surface area (Å²) in [7, 11) is 0. The molecule has 0 radical (unpaired) electrons. The summed E-state index contributed by atoms with van der Waals surface area (Å²) < 4.78 is 9.77. The number of allylic oxidation sites excluding steroid dienone is 1. The van der Waals surface area contributed by atoms with Gasteiger partial charge in [0.15, 0.2) is 4.80 Å². The SMILES string of the molecule is CCOC(=O)C1=C(C)N=c2s/c(=C\c3cn(Cc4ccc(Cl)cc4)c4ccccc34)c(=O)n2[C@H]1c1ccc(C)cc1. The number of para-hydroxylation sites is 1. The zero-order valence-corrected chi connectivity index (χ0v) is 24.5. The lowest BCUT2D eigenvalue weighted by atomic mass is 9.95. The molecule has 0 amide bonds. The second kappa shape index (κ2) is 11.0. The number of hydrogen-bond acceptors (Lipinski definition) is 5. The van der Waals surface area contributed by atoms with E-state index in [-0.39, 0.29) is 12.2 Å². The van der Waals surface area contributed by atoms with Gasteiger partial charge in [-0.25, -0.2) is 9.79 Å². The van der Waals surface area contributed by atoms with Gasteiger partial charge in [0.1, 0.15) is 0 Å². The Balaban J connectivity index is 1.51. The van der Waals surface area contributed by atoms with Crippen molar-refractivity contribution >= 4 is 45.9 Å². The molecule has 6 nitrogen and oxygen atoms in total. The Hall–Kier alpha value is -4.20. The van der Waals surface area contributed by atoms with E-state index in [0.717, 1.165) is 33.2 Å². The Morgan fingerprint density at radius 3 is 2.51 bits per heavy atom. The van der Waals surface area contributed by atoms with E-state index in [4.69, 9.17) is 21.3 Å². The van der Waals surface area contributed by atoms with Crippen LogP contribution in [0, 0.1) is 6.92 Å². The van der Waals surface area contributed by atoms with Crippen LogP contribution in [0.4, 0.5) is 0 Å². The highest BCUT2D eigenvalue weighted by Gasteiger charge is 2.33. The molecule has 1 aliphatic heterocycles. The minimum Gasteiger partial charge on any atom is -0.463 e. The molecule has 0 unspecified atom stereocenters. The smallest absolute Gasteiger partial charge is 0.338 e. The van der Waals surface area contributed by atoms with Crippen molar-refractivity contribution in [2.45, 2.75) is 33.4 Å². The van der Waals surface area contributed by atoms with Gasteiger partial charge in [0.05, 0.1) is 28.5 Å². The average Bonchev–Trinajstić information content (AvgIpc) is 3.46. The molecule has 3 aromatic carbocycles. The van der Waals surface area contributed by atoms with Crippen LogP contribution in [0.15, 0.2) is 100 Å². The van der Waals surface area contributed by atoms with Gasteiger partial charge < -0.3 is 9.30 Å². The lowest BCUT2D eigenvalue weighted by molar-refractivity contribution is -0.139. The van der Waals surface area contributed by atoms with Crippen molar-refractivity contribution < 1.29 is 9.53 Å². The number of rotatable bonds is 6. The lowest BCUT2D eigenvalue weighted by Crippen LogP contribution is -2.39. The molecular weight excluding hydrogens is 554 g/mol. The van der Waals surface area contributed by atoms with Gasteiger partial charge >= 0.3 is 5.97 Å². The quantitative estimate of drug-likeness (QED) is 0.239. The zero-order valence-electron chi connectivity index (χ0n) is 22.9. The molecule has 0 N–H and O–H groups in total. The van der Waals surface area contributed by atoms with E-state index < -0.39 is 12.0 Å². The molecule has 0 spiro atoms. The third-order valence-electron chi connectivity index (χ3n) is 7.28. The number of aryl methyl sites for hydroxylation is 1. The van der Waals surface area contributed by atoms with Crippen LogP contribution in [-0.4, -0.2) is 21.7 Å². The van der Waals surface area contributed by atoms with E-state index in [1.165, 1.54) is 11.3 Å². The maximum Gasteiger partial charge on any atom is 0.338 e. The predicted octanol–water partition coefficient (Wildman–Crippen LogP) is 5.76. The number of nitrogens with zero attached hydrogens (tertiary/aromatic N) is 3. The highest BCUT2D eigenvalue weighted by Crippen LogP contribution is 2.31. The number of hydrogen-bond donors (Lipinski definition) is 0. The van der Waals surface area contributed by atoms with Crippen molar-refractivity contribution in [1.82, 2.24) is 9.13 Å². The van der Waals surface area contributed by atoms with Crippen LogP contribution >= 0.6 is 22.9 Å². The van der Waals surface area contributed by atoms with Gasteiger partial charge in [-0.3, -0.25) is 9.36 Å². The molecule has 1 aliphatic rings. The molecule has 0 fully saturated rings. The summed E-state index contributed by atoms with van der Waals surface area (Å²) >= 11 is 7.42. The first-order valence-electron chi connectivity index (χ1n) is 13.4. The molecule has 0 saturated heterocycles. The summed E-state index contributed by atoms with van der Waals surface area (Å²) in [5.74, 6) is -0.459. The van der Waals surface area contributed by atoms with E-state index in [0.29, 0.717) is 32.2 Å². The first kappa shape index (κ1) is 27.0. The van der Waals surface area contributed by atoms with Crippen molar-refractivity contribution in [3.63, 3.8) is 0 Å². The number of carbonyl (C=O) groups is 1. The van der Waals surface area contributed by atoms with Gasteiger partial charge in [0.2, 0.25) is 0 Å². The first-order chi connectivity index (χ1) is 19.8. The number of aromatic nitrogens is 2. The number of esters is 1. The molecule has 0 bridgehead atoms. The van der Waals surface area contributed by atoms with Crippen LogP contribution in [0.25, 0.3) is 17.0 Å². The third kappa shape index (κ3) is 5.07. The van der Waals surface area contributed by atoms with E-state index in [9.17, 15) is 9.59 Å². The maximum atomic E-state index is 14.1. The summed E-state index contributed by atoms with van der Waals surface area (Å²) in [5.41, 5.74) is 5.81. The number of carbonyl (C=O) groups excluding carboxylic acids is 1. The van der Waals surface area contributed by atoms with Gasteiger partial charge in [0, 0.05) is 34.2 Å². The van der Waals surface area contributed by atoms with Crippen molar-refractivity contribution in [2.75, 3.05) is 6.61 Å². The second-order valence-electron chi connectivity index (χ2n) is 10.1. The molecule has 206 valence electrons. The largest absolute Gasteiger partial charge is 0.463 e. The molecule has 0 aliphatic carbocycles. The van der Waals surface area contributed by atoms with Gasteiger partial charge in [-0.1, -0.05) is 83.1 Å². The Bertz CT molecular complexity index is 2000. The molecule has 1 atom stereocenters. The van der Waals surface area contributed by atoms with Crippen molar-refractivity contribution in [3.8, 4) is 0 Å². The highest BCUT2D eigenvalue weighted by atomic mass is 35.5. The predicted molar refractivity (Wildman–Crippen MR) is 164 cm³/mol. The van der Waals surface area contributed by atoms with Crippen LogP contribution in [0.3, 0.4) is 0 Å². The summed E-state index contributed by atoms with van der Waals surface area (Å²) in [6, 6.07) is 23.2. The number of halogens is 1. The minimum atomic E-state index is -0.626. The van der Waals surface area contributed by atoms with E-state index in [1.54, 1.807) is 18.4 Å². The summed E-state index contributed by atoms with van der Waals surface area (Å²) in [6.07, 6.45) is 4.00. The van der Waals surface area contributed by atoms with Gasteiger partial charge in [-0.15, -0.1) is 0 Å². The van der Waals surface area contributed by atoms with Crippen LogP contribution in [0.1, 0.15) is 42.1 Å². The molecular formula is C33H28ClN3O3S. The second-order valence-corrected chi connectivity index (χ2v) is 11.5. The van der Waals surface area contributed by atoms with Gasteiger partial charge in [0.25, 0.3) is 5.56 Å². The summed E-state index contributed by atoms with van der Waals surface area (Å²) in [6.45, 7) is 6.48. The fourth-order valence-corrected chi connectivity index (χ4v) is 6.47. The fraction of sp³-hybridized carbons (Fsp3) is 0.182. The van der Waals surface area contributed by atoms with Crippen LogP contribution < -0.4 is 14.9 Å². The van der Waals surface area contributed by atoms with Crippen molar-refractivity contribution in [2.24, 2.45) is 4.99 Å². The summed E-state index contributed by atoms with van der Waals surface area (Å²) in [4.78, 5) is 32.4. The molecule has 2 aromatic heterocycles. The Morgan fingerprint density at radius 2 is 1.78 bits per heavy atom. The highest BCUT2D eigenvalue weighted by molar-refractivity contribution is 7.07. The lowest BCUT2D eigenvalue weighted by Gasteiger charge is -2.24. The number of thiazole rings is 1. The average molecular weight is 582 g/mol. The topological polar surface area (TPSA) is 65.6 Å². The van der Waals surface area contributed by atoms with E-state index in [2.05, 4.69) is 22.9 Å². The number of benzene rings is 3. The number of fused-ring (bicyclic) bond motifs is 2. The Morgan fingerprint density at radius 1 is 1.05 bits per heavy atom. The van der Waals surface area contributed by atoms with Crippen LogP contribution in [0.2, 0.25) is 5.02 Å². The monoisotopic (exact) mass is 581 g/mol. The molecule has 8 heteroatoms. The Kier molecular flexibility index (Phi) is 7.24. The van der Waals surface area contributed by atoms with Gasteiger partial charge in [-0.05, 0) is 56.2 Å². The van der Waals surface area contributed by atoms with Crippen LogP contribution in [-0.2, 0) is 16.1 Å². The standard InChI is InChI=1S/C33H28ClN3O3S/c1-4-40-32(39)29-21(3)35-33-37(30(29)23-13-9-20(2)10-14-23)31(38)28(41-33)17-24-19-36(27-8-6-5-7-26(24)27)18-22-11-15-25(34)16-12-22/h5-17,19,30H,4,18H2,1-3H3/b28-17-/t30-/m0/s1. The first-order valence-corrected chi connectivity index (χ1v) is 14.6. The molecule has 41 heavy (non-hydrogen) atoms. The molecule has 5 aromatic rings. The van der Waals surface area contributed by atoms with Crippen molar-refractivity contribution in [3.05, 3.63) is 137 Å². The van der Waals surface area contributed by atoms with Crippen LogP contribution in [0.5, 0.6) is 0 Å². The normalized spacial score (nSPS) is 15.2. The molecule has 3 heterocycles. The van der Waals surface area contributed by atoms with E-state index >= 15 is 0 Å². The van der Waals surface area contributed by atoms with Crippen molar-refractivity contribution in [1.29, 1.82) is 0 Å². The van der Waals surface area contributed by atoms with E-state index in [1.807, 2.05) is 73.7 Å². The zero-order chi connectivity index (χ0) is 28.7. The maximum absolute atomic E-state index is 14.1. The molecule has 0 saturated carbocycles. The molecule has 6 rings (SSSR count).